The van der Waals surface area contributed by atoms with Gasteiger partial charge >= 0.3 is 0 Å². The lowest BCUT2D eigenvalue weighted by Crippen LogP contribution is -2.48. The second kappa shape index (κ2) is 8.71. The van der Waals surface area contributed by atoms with E-state index in [2.05, 4.69) is 35.3 Å². The second-order valence-corrected chi connectivity index (χ2v) is 5.83. The van der Waals surface area contributed by atoms with Crippen LogP contribution in [0.1, 0.15) is 25.8 Å². The van der Waals surface area contributed by atoms with Crippen molar-refractivity contribution in [1.29, 1.82) is 0 Å². The maximum absolute atomic E-state index is 5.17. The van der Waals surface area contributed by atoms with Crippen LogP contribution in [0.5, 0.6) is 0 Å². The monoisotopic (exact) mass is 310 g/mol. The standard InChI is InChI=1S/C14H22N4S2/c1-10(2)8-9-15-13(19)17-18-14(20)16-12-6-4-11(3)5-7-12/h4-7,10H,8-9H2,1-3H3,(H2,15,17,19)(H2,16,18,20). The van der Waals surface area contributed by atoms with E-state index in [0.717, 1.165) is 18.7 Å². The van der Waals surface area contributed by atoms with E-state index >= 15 is 0 Å². The van der Waals surface area contributed by atoms with E-state index in [9.17, 15) is 0 Å². The number of nitrogens with one attached hydrogen (secondary N) is 4. The fourth-order valence-electron chi connectivity index (χ4n) is 1.43. The summed E-state index contributed by atoms with van der Waals surface area (Å²) in [5.41, 5.74) is 7.85. The zero-order chi connectivity index (χ0) is 15.0. The summed E-state index contributed by atoms with van der Waals surface area (Å²) in [5, 5.41) is 7.19. The fourth-order valence-corrected chi connectivity index (χ4v) is 1.75. The largest absolute Gasteiger partial charge is 0.361 e. The molecule has 110 valence electrons. The first-order valence-electron chi connectivity index (χ1n) is 6.65. The van der Waals surface area contributed by atoms with Crippen LogP contribution >= 0.6 is 24.4 Å². The number of hydrogen-bond donors (Lipinski definition) is 4. The first-order chi connectivity index (χ1) is 9.47. The minimum absolute atomic E-state index is 0.474. The highest BCUT2D eigenvalue weighted by atomic mass is 32.1. The quantitative estimate of drug-likeness (QED) is 0.507. The minimum Gasteiger partial charge on any atom is -0.361 e. The third-order valence-electron chi connectivity index (χ3n) is 2.61. The third-order valence-corrected chi connectivity index (χ3v) is 3.06. The lowest BCUT2D eigenvalue weighted by molar-refractivity contribution is 0.575. The van der Waals surface area contributed by atoms with Crippen molar-refractivity contribution < 1.29 is 0 Å². The first-order valence-corrected chi connectivity index (χ1v) is 7.46. The Labute approximate surface area is 131 Å². The molecular weight excluding hydrogens is 288 g/mol. The number of anilines is 1. The third kappa shape index (κ3) is 7.25. The van der Waals surface area contributed by atoms with E-state index in [4.69, 9.17) is 24.4 Å². The van der Waals surface area contributed by atoms with E-state index in [-0.39, 0.29) is 0 Å². The maximum Gasteiger partial charge on any atom is 0.189 e. The van der Waals surface area contributed by atoms with Crippen LogP contribution in [0.3, 0.4) is 0 Å². The molecule has 1 aromatic rings. The summed E-state index contributed by atoms with van der Waals surface area (Å²) in [4.78, 5) is 0. The van der Waals surface area contributed by atoms with Crippen molar-refractivity contribution in [3.05, 3.63) is 29.8 Å². The number of aryl methyl sites for hydroxylation is 1. The van der Waals surface area contributed by atoms with Gasteiger partial charge in [0.25, 0.3) is 0 Å². The Kier molecular flexibility index (Phi) is 7.25. The van der Waals surface area contributed by atoms with Crippen LogP contribution in [0, 0.1) is 12.8 Å². The molecule has 4 nitrogen and oxygen atoms in total. The number of hydrogen-bond acceptors (Lipinski definition) is 2. The molecule has 0 bridgehead atoms. The summed E-state index contributed by atoms with van der Waals surface area (Å²) >= 11 is 10.3. The maximum atomic E-state index is 5.17. The normalized spacial score (nSPS) is 10.0. The summed E-state index contributed by atoms with van der Waals surface area (Å²) in [6, 6.07) is 8.00. The Morgan fingerprint density at radius 2 is 1.65 bits per heavy atom. The fraction of sp³-hybridized carbons (Fsp3) is 0.429. The molecule has 4 N–H and O–H groups in total. The van der Waals surface area contributed by atoms with Crippen molar-refractivity contribution in [1.82, 2.24) is 16.2 Å². The van der Waals surface area contributed by atoms with Gasteiger partial charge in [-0.15, -0.1) is 0 Å². The van der Waals surface area contributed by atoms with Crippen LogP contribution in [0.25, 0.3) is 0 Å². The van der Waals surface area contributed by atoms with E-state index in [1.54, 1.807) is 0 Å². The van der Waals surface area contributed by atoms with Gasteiger partial charge in [-0.1, -0.05) is 31.5 Å². The smallest absolute Gasteiger partial charge is 0.189 e. The number of hydrazine groups is 1. The van der Waals surface area contributed by atoms with Crippen LogP contribution in [-0.2, 0) is 0 Å². The summed E-state index contributed by atoms with van der Waals surface area (Å²) in [7, 11) is 0. The van der Waals surface area contributed by atoms with Crippen molar-refractivity contribution in [3.63, 3.8) is 0 Å². The van der Waals surface area contributed by atoms with E-state index in [1.807, 2.05) is 31.2 Å². The molecule has 0 aliphatic carbocycles. The molecule has 20 heavy (non-hydrogen) atoms. The van der Waals surface area contributed by atoms with Crippen molar-refractivity contribution in [2.45, 2.75) is 27.2 Å². The lowest BCUT2D eigenvalue weighted by Gasteiger charge is -2.14. The molecule has 0 fully saturated rings. The highest BCUT2D eigenvalue weighted by molar-refractivity contribution is 7.80. The van der Waals surface area contributed by atoms with Crippen molar-refractivity contribution in [3.8, 4) is 0 Å². The molecule has 1 aromatic carbocycles. The molecule has 0 aromatic heterocycles. The van der Waals surface area contributed by atoms with E-state index in [1.165, 1.54) is 5.56 Å². The topological polar surface area (TPSA) is 48.1 Å². The molecule has 0 aliphatic heterocycles. The molecule has 0 aliphatic rings. The van der Waals surface area contributed by atoms with Gasteiger partial charge in [0.2, 0.25) is 0 Å². The summed E-state index contributed by atoms with van der Waals surface area (Å²) < 4.78 is 0. The van der Waals surface area contributed by atoms with Crippen molar-refractivity contribution in [2.75, 3.05) is 11.9 Å². The Hall–Kier alpha value is -1.40. The number of thiocarbonyl (C=S) groups is 2. The van der Waals surface area contributed by atoms with Gasteiger partial charge in [0, 0.05) is 12.2 Å². The summed E-state index contributed by atoms with van der Waals surface area (Å²) in [6.07, 6.45) is 1.08. The van der Waals surface area contributed by atoms with Crippen LogP contribution in [0.2, 0.25) is 0 Å². The highest BCUT2D eigenvalue weighted by Crippen LogP contribution is 2.07. The van der Waals surface area contributed by atoms with Gasteiger partial charge in [-0.25, -0.2) is 0 Å². The summed E-state index contributed by atoms with van der Waals surface area (Å²) in [5.74, 6) is 0.655. The molecule has 6 heteroatoms. The minimum atomic E-state index is 0.474. The molecule has 0 saturated heterocycles. The second-order valence-electron chi connectivity index (χ2n) is 5.01. The predicted octanol–water partition coefficient (Wildman–Crippen LogP) is 2.71. The van der Waals surface area contributed by atoms with Gasteiger partial charge in [-0.05, 0) is 55.8 Å². The Bertz CT molecular complexity index is 443. The molecule has 0 spiro atoms. The van der Waals surface area contributed by atoms with E-state index < -0.39 is 0 Å². The van der Waals surface area contributed by atoms with Crippen LogP contribution < -0.4 is 21.5 Å². The van der Waals surface area contributed by atoms with Crippen LogP contribution in [0.15, 0.2) is 24.3 Å². The van der Waals surface area contributed by atoms with Gasteiger partial charge in [0.15, 0.2) is 10.2 Å². The van der Waals surface area contributed by atoms with E-state index in [0.29, 0.717) is 16.1 Å². The Balaban J connectivity index is 2.22. The average molecular weight is 310 g/mol. The molecule has 0 atom stereocenters. The molecular formula is C14H22N4S2. The van der Waals surface area contributed by atoms with Gasteiger partial charge in [0.1, 0.15) is 0 Å². The summed E-state index contributed by atoms with van der Waals surface area (Å²) in [6.45, 7) is 7.25. The Morgan fingerprint density at radius 1 is 1.05 bits per heavy atom. The molecule has 0 unspecified atom stereocenters. The molecule has 1 rings (SSSR count). The average Bonchev–Trinajstić information content (AvgIpc) is 2.39. The number of benzene rings is 1. The first kappa shape index (κ1) is 16.7. The van der Waals surface area contributed by atoms with Gasteiger partial charge in [-0.2, -0.15) is 0 Å². The molecule has 0 radical (unpaired) electrons. The molecule has 0 amide bonds. The number of rotatable bonds is 4. The molecule has 0 heterocycles. The molecule has 0 saturated carbocycles. The zero-order valence-corrected chi connectivity index (χ0v) is 13.8. The predicted molar refractivity (Wildman–Crippen MR) is 93.7 cm³/mol. The Morgan fingerprint density at radius 3 is 2.25 bits per heavy atom. The van der Waals surface area contributed by atoms with Crippen LogP contribution in [-0.4, -0.2) is 16.8 Å². The highest BCUT2D eigenvalue weighted by Gasteiger charge is 1.99. The lowest BCUT2D eigenvalue weighted by atomic mass is 10.1. The van der Waals surface area contributed by atoms with Gasteiger partial charge in [0.05, 0.1) is 0 Å². The van der Waals surface area contributed by atoms with Crippen molar-refractivity contribution in [2.24, 2.45) is 5.92 Å². The van der Waals surface area contributed by atoms with Gasteiger partial charge < -0.3 is 10.6 Å². The van der Waals surface area contributed by atoms with Crippen LogP contribution in [0.4, 0.5) is 5.69 Å². The zero-order valence-electron chi connectivity index (χ0n) is 12.1. The van der Waals surface area contributed by atoms with Crippen molar-refractivity contribution >= 4 is 40.3 Å². The SMILES string of the molecule is Cc1ccc(NC(=S)NNC(=S)NCCC(C)C)cc1. The van der Waals surface area contributed by atoms with Gasteiger partial charge in [-0.3, -0.25) is 10.9 Å².